The molecule has 35 heavy (non-hydrogen) atoms. The number of ether oxygens (including phenoxy) is 1. The maximum absolute atomic E-state index is 13.6. The molecule has 11 heteroatoms. The first kappa shape index (κ1) is 25.3. The summed E-state index contributed by atoms with van der Waals surface area (Å²) in [5.41, 5.74) is 0.639. The fourth-order valence-electron chi connectivity index (χ4n) is 3.62. The predicted octanol–water partition coefficient (Wildman–Crippen LogP) is 5.46. The average Bonchev–Trinajstić information content (AvgIpc) is 2.83. The molecular weight excluding hydrogens is 533 g/mol. The van der Waals surface area contributed by atoms with Crippen molar-refractivity contribution in [1.29, 1.82) is 5.26 Å². The zero-order valence-electron chi connectivity index (χ0n) is 18.1. The largest absolute Gasteiger partial charge is 0.456 e. The van der Waals surface area contributed by atoms with Gasteiger partial charge >= 0.3 is 0 Å². The van der Waals surface area contributed by atoms with Crippen molar-refractivity contribution in [1.82, 2.24) is 9.21 Å². The summed E-state index contributed by atoms with van der Waals surface area (Å²) in [6.07, 6.45) is 0. The lowest BCUT2D eigenvalue weighted by atomic mass is 10.2. The summed E-state index contributed by atoms with van der Waals surface area (Å²) in [4.78, 5) is 14.2. The molecule has 1 amide bonds. The van der Waals surface area contributed by atoms with Gasteiger partial charge in [-0.1, -0.05) is 34.8 Å². The number of hydrogen-bond donors (Lipinski definition) is 0. The van der Waals surface area contributed by atoms with Gasteiger partial charge in [-0.2, -0.15) is 9.57 Å². The predicted molar refractivity (Wildman–Crippen MR) is 134 cm³/mol. The molecule has 0 radical (unpaired) electrons. The van der Waals surface area contributed by atoms with Crippen LogP contribution in [-0.4, -0.2) is 49.7 Å². The number of carbonyl (C=O) groups is 1. The Hall–Kier alpha value is -2.80. The number of nitriles is 1. The molecule has 180 valence electrons. The Bertz CT molecular complexity index is 1390. The van der Waals surface area contributed by atoms with Gasteiger partial charge in [0.15, 0.2) is 0 Å². The summed E-state index contributed by atoms with van der Waals surface area (Å²) in [5.74, 6) is 0.0797. The minimum atomic E-state index is -4.05. The zero-order chi connectivity index (χ0) is 25.2. The van der Waals surface area contributed by atoms with Crippen molar-refractivity contribution < 1.29 is 17.9 Å². The van der Waals surface area contributed by atoms with Crippen LogP contribution in [-0.2, 0) is 10.0 Å². The molecule has 3 aromatic rings. The minimum absolute atomic E-state index is 0.0296. The fraction of sp³-hybridized carbons (Fsp3) is 0.167. The number of nitrogens with zero attached hydrogens (tertiary/aromatic N) is 3. The maximum atomic E-state index is 13.6. The van der Waals surface area contributed by atoms with Gasteiger partial charge < -0.3 is 9.64 Å². The van der Waals surface area contributed by atoms with Gasteiger partial charge in [-0.05, 0) is 60.7 Å². The Morgan fingerprint density at radius 1 is 0.857 bits per heavy atom. The quantitative estimate of drug-likeness (QED) is 0.421. The third kappa shape index (κ3) is 5.72. The van der Waals surface area contributed by atoms with E-state index in [4.69, 9.17) is 39.5 Å². The van der Waals surface area contributed by atoms with Crippen LogP contribution in [0.25, 0.3) is 0 Å². The van der Waals surface area contributed by atoms with Gasteiger partial charge in [0.1, 0.15) is 16.4 Å². The molecule has 7 nitrogen and oxygen atoms in total. The maximum Gasteiger partial charge on any atom is 0.253 e. The molecule has 0 spiro atoms. The van der Waals surface area contributed by atoms with Crippen LogP contribution in [0.1, 0.15) is 15.9 Å². The summed E-state index contributed by atoms with van der Waals surface area (Å²) in [5, 5.41) is 10.5. The van der Waals surface area contributed by atoms with Crippen LogP contribution >= 0.6 is 34.8 Å². The van der Waals surface area contributed by atoms with Crippen LogP contribution in [0.3, 0.4) is 0 Å². The van der Waals surface area contributed by atoms with E-state index in [1.165, 1.54) is 40.7 Å². The van der Waals surface area contributed by atoms with E-state index < -0.39 is 10.0 Å². The lowest BCUT2D eigenvalue weighted by molar-refractivity contribution is 0.0698. The highest BCUT2D eigenvalue weighted by Gasteiger charge is 2.33. The van der Waals surface area contributed by atoms with Crippen molar-refractivity contribution in [2.24, 2.45) is 0 Å². The lowest BCUT2D eigenvalue weighted by Gasteiger charge is -2.34. The van der Waals surface area contributed by atoms with E-state index in [9.17, 15) is 18.5 Å². The second-order valence-corrected chi connectivity index (χ2v) is 10.9. The Kier molecular flexibility index (Phi) is 7.55. The van der Waals surface area contributed by atoms with Crippen molar-refractivity contribution in [3.63, 3.8) is 0 Å². The van der Waals surface area contributed by atoms with Crippen LogP contribution < -0.4 is 4.74 Å². The molecule has 1 heterocycles. The first-order chi connectivity index (χ1) is 16.7. The number of carbonyl (C=O) groups excluding carboxylic acids is 1. The van der Waals surface area contributed by atoms with Crippen LogP contribution in [0.2, 0.25) is 15.1 Å². The second-order valence-electron chi connectivity index (χ2n) is 7.68. The van der Waals surface area contributed by atoms with Crippen LogP contribution in [0, 0.1) is 11.3 Å². The van der Waals surface area contributed by atoms with Gasteiger partial charge in [0.2, 0.25) is 10.0 Å². The molecular formula is C24H18Cl3N3O4S. The molecule has 0 unspecified atom stereocenters. The van der Waals surface area contributed by atoms with E-state index in [0.29, 0.717) is 20.6 Å². The SMILES string of the molecule is N#Cc1ccc(Oc2cc(Cl)cc(Cl)c2)c(S(=O)(=O)N2CCN(C(=O)c3ccc(Cl)cc3)CC2)c1. The summed E-state index contributed by atoms with van der Waals surface area (Å²) >= 11 is 18.0. The van der Waals surface area contributed by atoms with Gasteiger partial charge in [-0.15, -0.1) is 0 Å². The third-order valence-electron chi connectivity index (χ3n) is 5.37. The smallest absolute Gasteiger partial charge is 0.253 e. The van der Waals surface area contributed by atoms with Crippen LogP contribution in [0.15, 0.2) is 65.6 Å². The summed E-state index contributed by atoms with van der Waals surface area (Å²) in [7, 11) is -4.05. The highest BCUT2D eigenvalue weighted by molar-refractivity contribution is 7.89. The minimum Gasteiger partial charge on any atom is -0.456 e. The van der Waals surface area contributed by atoms with Crippen molar-refractivity contribution in [3.8, 4) is 17.6 Å². The van der Waals surface area contributed by atoms with E-state index in [0.717, 1.165) is 0 Å². The molecule has 3 aromatic carbocycles. The fourth-order valence-corrected chi connectivity index (χ4v) is 5.82. The number of hydrogen-bond acceptors (Lipinski definition) is 5. The van der Waals surface area contributed by atoms with Crippen LogP contribution in [0.5, 0.6) is 11.5 Å². The van der Waals surface area contributed by atoms with E-state index in [-0.39, 0.29) is 54.0 Å². The Morgan fingerprint density at radius 2 is 1.49 bits per heavy atom. The van der Waals surface area contributed by atoms with Crippen molar-refractivity contribution >= 4 is 50.7 Å². The topological polar surface area (TPSA) is 90.7 Å². The second kappa shape index (κ2) is 10.4. The molecule has 1 aliphatic heterocycles. The number of halogens is 3. The number of amides is 1. The van der Waals surface area contributed by atoms with Crippen molar-refractivity contribution in [2.45, 2.75) is 4.90 Å². The number of sulfonamides is 1. The Morgan fingerprint density at radius 3 is 2.09 bits per heavy atom. The number of benzene rings is 3. The molecule has 0 bridgehead atoms. The summed E-state index contributed by atoms with van der Waals surface area (Å²) in [6.45, 7) is 0.583. The van der Waals surface area contributed by atoms with Gasteiger partial charge in [0, 0.05) is 46.8 Å². The standard InChI is InChI=1S/C24H18Cl3N3O4S/c25-18-4-2-17(3-5-18)24(31)29-7-9-30(10-8-29)35(32,33)23-11-16(15-28)1-6-22(23)34-21-13-19(26)12-20(27)14-21/h1-6,11-14H,7-10H2. The Balaban J connectivity index is 1.57. The molecule has 0 aromatic heterocycles. The molecule has 0 N–H and O–H groups in total. The van der Waals surface area contributed by atoms with E-state index >= 15 is 0 Å². The Labute approximate surface area is 218 Å². The molecule has 1 aliphatic rings. The molecule has 4 rings (SSSR count). The van der Waals surface area contributed by atoms with Crippen LogP contribution in [0.4, 0.5) is 0 Å². The normalized spacial score (nSPS) is 14.4. The average molecular weight is 551 g/mol. The first-order valence-corrected chi connectivity index (χ1v) is 13.0. The summed E-state index contributed by atoms with van der Waals surface area (Å²) < 4.78 is 34.2. The van der Waals surface area contributed by atoms with Gasteiger partial charge in [0.25, 0.3) is 5.91 Å². The van der Waals surface area contributed by atoms with Gasteiger partial charge in [-0.25, -0.2) is 8.42 Å². The van der Waals surface area contributed by atoms with E-state index in [2.05, 4.69) is 0 Å². The molecule has 0 aliphatic carbocycles. The van der Waals surface area contributed by atoms with Crippen molar-refractivity contribution in [2.75, 3.05) is 26.2 Å². The van der Waals surface area contributed by atoms with Gasteiger partial charge in [0.05, 0.1) is 11.6 Å². The zero-order valence-corrected chi connectivity index (χ0v) is 21.2. The lowest BCUT2D eigenvalue weighted by Crippen LogP contribution is -2.50. The first-order valence-electron chi connectivity index (χ1n) is 10.4. The van der Waals surface area contributed by atoms with Gasteiger partial charge in [-0.3, -0.25) is 4.79 Å². The molecule has 0 atom stereocenters. The number of piperazine rings is 1. The van der Waals surface area contributed by atoms with E-state index in [1.807, 2.05) is 6.07 Å². The molecule has 0 saturated carbocycles. The van der Waals surface area contributed by atoms with Crippen molar-refractivity contribution in [3.05, 3.63) is 86.9 Å². The highest BCUT2D eigenvalue weighted by atomic mass is 35.5. The third-order valence-corrected chi connectivity index (χ3v) is 7.98. The van der Waals surface area contributed by atoms with E-state index in [1.54, 1.807) is 29.2 Å². The molecule has 1 saturated heterocycles. The summed E-state index contributed by atoms with van der Waals surface area (Å²) in [6, 6.07) is 17.2. The monoisotopic (exact) mass is 549 g/mol. The highest BCUT2D eigenvalue weighted by Crippen LogP contribution is 2.34. The molecule has 1 fully saturated rings. The number of rotatable bonds is 5.